The van der Waals surface area contributed by atoms with Gasteiger partial charge in [0, 0.05) is 6.04 Å². The first-order valence-corrected chi connectivity index (χ1v) is 8.88. The van der Waals surface area contributed by atoms with E-state index in [2.05, 4.69) is 18.7 Å². The van der Waals surface area contributed by atoms with Gasteiger partial charge in [0.2, 0.25) is 11.8 Å². The molecule has 0 aromatic carbocycles. The highest BCUT2D eigenvalue weighted by atomic mass is 16.2. The van der Waals surface area contributed by atoms with Gasteiger partial charge >= 0.3 is 0 Å². The zero-order valence-corrected chi connectivity index (χ0v) is 13.1. The summed E-state index contributed by atoms with van der Waals surface area (Å²) < 4.78 is 0. The first kappa shape index (κ1) is 14.2. The predicted octanol–water partition coefficient (Wildman–Crippen LogP) is 3.32. The summed E-state index contributed by atoms with van der Waals surface area (Å²) in [4.78, 5) is 27.6. The molecule has 2 bridgehead atoms. The van der Waals surface area contributed by atoms with Gasteiger partial charge in [0.05, 0.1) is 11.8 Å². The average Bonchev–Trinajstić information content (AvgIpc) is 3.21. The lowest BCUT2D eigenvalue weighted by molar-refractivity contribution is -0.145. The van der Waals surface area contributed by atoms with E-state index in [9.17, 15) is 9.59 Å². The van der Waals surface area contributed by atoms with Gasteiger partial charge in [-0.25, -0.2) is 0 Å². The van der Waals surface area contributed by atoms with E-state index in [1.54, 1.807) is 4.90 Å². The highest BCUT2D eigenvalue weighted by Gasteiger charge is 2.60. The van der Waals surface area contributed by atoms with Gasteiger partial charge in [-0.05, 0) is 43.4 Å². The zero-order valence-electron chi connectivity index (χ0n) is 13.1. The molecule has 3 aliphatic carbocycles. The molecule has 1 heterocycles. The Hall–Kier alpha value is -1.38. The van der Waals surface area contributed by atoms with Crippen molar-refractivity contribution >= 4 is 11.8 Å². The largest absolute Gasteiger partial charge is 0.278 e. The van der Waals surface area contributed by atoms with E-state index in [-0.39, 0.29) is 29.7 Å². The minimum absolute atomic E-state index is 0.0570. The summed E-state index contributed by atoms with van der Waals surface area (Å²) >= 11 is 0. The van der Waals surface area contributed by atoms with E-state index in [0.29, 0.717) is 17.8 Å². The number of imide groups is 1. The van der Waals surface area contributed by atoms with Crippen LogP contribution in [0.2, 0.25) is 0 Å². The lowest BCUT2D eigenvalue weighted by Gasteiger charge is -2.35. The van der Waals surface area contributed by atoms with Gasteiger partial charge < -0.3 is 0 Å². The van der Waals surface area contributed by atoms with Crippen molar-refractivity contribution in [2.75, 3.05) is 0 Å². The minimum Gasteiger partial charge on any atom is -0.278 e. The Morgan fingerprint density at radius 3 is 2.23 bits per heavy atom. The van der Waals surface area contributed by atoms with Crippen LogP contribution in [0.1, 0.15) is 44.9 Å². The molecule has 0 aromatic rings. The number of rotatable bonds is 4. The highest BCUT2D eigenvalue weighted by Crippen LogP contribution is 2.53. The van der Waals surface area contributed by atoms with Crippen molar-refractivity contribution in [1.82, 2.24) is 4.90 Å². The summed E-state index contributed by atoms with van der Waals surface area (Å²) in [6.07, 6.45) is 14.0. The maximum absolute atomic E-state index is 13.0. The van der Waals surface area contributed by atoms with Crippen molar-refractivity contribution in [3.05, 3.63) is 24.8 Å². The Kier molecular flexibility index (Phi) is 3.47. The summed E-state index contributed by atoms with van der Waals surface area (Å²) in [5, 5.41) is 0. The van der Waals surface area contributed by atoms with Crippen LogP contribution in [-0.2, 0) is 9.59 Å². The van der Waals surface area contributed by atoms with E-state index in [4.69, 9.17) is 0 Å². The fraction of sp³-hybridized carbons (Fsp3) is 0.684. The topological polar surface area (TPSA) is 37.4 Å². The van der Waals surface area contributed by atoms with Crippen LogP contribution in [0.15, 0.2) is 24.8 Å². The van der Waals surface area contributed by atoms with Gasteiger partial charge in [0.1, 0.15) is 0 Å². The van der Waals surface area contributed by atoms with Gasteiger partial charge in [0.25, 0.3) is 0 Å². The molecule has 1 aliphatic heterocycles. The summed E-state index contributed by atoms with van der Waals surface area (Å²) in [6, 6.07) is 0.0581. The molecule has 5 unspecified atom stereocenters. The molecule has 2 saturated carbocycles. The number of hydrogen-bond donors (Lipinski definition) is 0. The number of fused-ring (bicyclic) bond motifs is 5. The normalized spacial score (nSPS) is 38.6. The maximum atomic E-state index is 13.0. The van der Waals surface area contributed by atoms with Crippen LogP contribution < -0.4 is 0 Å². The molecule has 1 saturated heterocycles. The van der Waals surface area contributed by atoms with Gasteiger partial charge in [-0.3, -0.25) is 14.5 Å². The number of carbonyl (C=O) groups excluding carboxylic acids is 2. The van der Waals surface area contributed by atoms with E-state index in [1.165, 1.54) is 19.3 Å². The quantitative estimate of drug-likeness (QED) is 0.590. The smallest absolute Gasteiger partial charge is 0.233 e. The Labute approximate surface area is 132 Å². The van der Waals surface area contributed by atoms with E-state index >= 15 is 0 Å². The molecule has 0 radical (unpaired) electrons. The second-order valence-electron chi connectivity index (χ2n) is 7.54. The Balaban J connectivity index is 1.61. The third kappa shape index (κ3) is 1.94. The summed E-state index contributed by atoms with van der Waals surface area (Å²) in [6.45, 7) is 3.87. The predicted molar refractivity (Wildman–Crippen MR) is 84.7 cm³/mol. The molecule has 4 rings (SSSR count). The highest BCUT2D eigenvalue weighted by molar-refractivity contribution is 6.06. The lowest BCUT2D eigenvalue weighted by Crippen LogP contribution is -2.46. The molecule has 118 valence electrons. The van der Waals surface area contributed by atoms with Gasteiger partial charge in [-0.1, -0.05) is 37.5 Å². The van der Waals surface area contributed by atoms with Crippen LogP contribution in [0.3, 0.4) is 0 Å². The first-order valence-electron chi connectivity index (χ1n) is 8.88. The van der Waals surface area contributed by atoms with Crippen LogP contribution in [0.5, 0.6) is 0 Å². The number of hydrogen-bond acceptors (Lipinski definition) is 2. The van der Waals surface area contributed by atoms with Crippen LogP contribution in [0.4, 0.5) is 0 Å². The summed E-state index contributed by atoms with van der Waals surface area (Å²) in [5.74, 6) is 1.22. The van der Waals surface area contributed by atoms with Crippen molar-refractivity contribution in [3.8, 4) is 0 Å². The molecule has 0 aromatic heterocycles. The zero-order chi connectivity index (χ0) is 15.3. The molecular formula is C19H25NO2. The standard InChI is InChI=1S/C19H25NO2/c1-2-6-15(12-7-4-3-5-8-12)20-18(21)16-13-9-10-14(11-13)17(16)19(20)22/h2,9-10,12-17H,1,3-8,11H2. The fourth-order valence-electron chi connectivity index (χ4n) is 5.45. The minimum atomic E-state index is -0.0570. The number of nitrogens with zero attached hydrogens (tertiary/aromatic N) is 1. The lowest BCUT2D eigenvalue weighted by atomic mass is 9.82. The van der Waals surface area contributed by atoms with Crippen molar-refractivity contribution in [1.29, 1.82) is 0 Å². The van der Waals surface area contributed by atoms with Crippen LogP contribution in [-0.4, -0.2) is 22.8 Å². The van der Waals surface area contributed by atoms with Crippen LogP contribution in [0, 0.1) is 29.6 Å². The van der Waals surface area contributed by atoms with Gasteiger partial charge in [-0.2, -0.15) is 0 Å². The van der Waals surface area contributed by atoms with Crippen molar-refractivity contribution in [3.63, 3.8) is 0 Å². The number of amides is 2. The van der Waals surface area contributed by atoms with Crippen molar-refractivity contribution in [2.45, 2.75) is 51.0 Å². The molecular weight excluding hydrogens is 274 g/mol. The van der Waals surface area contributed by atoms with Crippen molar-refractivity contribution in [2.24, 2.45) is 29.6 Å². The summed E-state index contributed by atoms with van der Waals surface area (Å²) in [5.41, 5.74) is 0. The van der Waals surface area contributed by atoms with E-state index in [1.807, 2.05) is 6.08 Å². The molecule has 2 amide bonds. The third-order valence-corrected chi connectivity index (χ3v) is 6.44. The number of carbonyl (C=O) groups is 2. The second kappa shape index (κ2) is 5.36. The molecule has 3 fully saturated rings. The molecule has 0 spiro atoms. The van der Waals surface area contributed by atoms with Crippen LogP contribution >= 0.6 is 0 Å². The Morgan fingerprint density at radius 1 is 1.09 bits per heavy atom. The average molecular weight is 299 g/mol. The monoisotopic (exact) mass is 299 g/mol. The molecule has 0 N–H and O–H groups in total. The number of allylic oxidation sites excluding steroid dienone is 2. The Bertz CT molecular complexity index is 502. The van der Waals surface area contributed by atoms with Gasteiger partial charge in [-0.15, -0.1) is 6.58 Å². The maximum Gasteiger partial charge on any atom is 0.233 e. The SMILES string of the molecule is C=CCC(C1CCCCC1)N1C(=O)C2C3C=CC(C3)C2C1=O. The first-order chi connectivity index (χ1) is 10.7. The Morgan fingerprint density at radius 2 is 1.68 bits per heavy atom. The van der Waals surface area contributed by atoms with Crippen molar-refractivity contribution < 1.29 is 9.59 Å². The van der Waals surface area contributed by atoms with Crippen LogP contribution in [0.25, 0.3) is 0 Å². The molecule has 3 heteroatoms. The number of likely N-dealkylation sites (tertiary alicyclic amines) is 1. The molecule has 4 aliphatic rings. The fourth-order valence-corrected chi connectivity index (χ4v) is 5.45. The van der Waals surface area contributed by atoms with Gasteiger partial charge in [0.15, 0.2) is 0 Å². The second-order valence-corrected chi connectivity index (χ2v) is 7.54. The third-order valence-electron chi connectivity index (χ3n) is 6.44. The molecule has 3 nitrogen and oxygen atoms in total. The van der Waals surface area contributed by atoms with E-state index in [0.717, 1.165) is 25.7 Å². The molecule has 22 heavy (non-hydrogen) atoms. The van der Waals surface area contributed by atoms with E-state index < -0.39 is 0 Å². The molecule has 5 atom stereocenters. The summed E-state index contributed by atoms with van der Waals surface area (Å²) in [7, 11) is 0.